The second-order valence-corrected chi connectivity index (χ2v) is 3.88. The van der Waals surface area contributed by atoms with Crippen LogP contribution < -0.4 is 0 Å². The first-order chi connectivity index (χ1) is 6.59. The first-order valence-corrected chi connectivity index (χ1v) is 5.42. The first-order valence-electron chi connectivity index (χ1n) is 5.42. The molecule has 14 heavy (non-hydrogen) atoms. The van der Waals surface area contributed by atoms with Crippen LogP contribution >= 0.6 is 0 Å². The number of likely N-dealkylation sites (N-methyl/N-ethyl adjacent to an activating group) is 1. The molecule has 0 rings (SSSR count). The van der Waals surface area contributed by atoms with Crippen LogP contribution in [0, 0.1) is 5.92 Å². The molecule has 0 N–H and O–H groups in total. The molecule has 0 saturated heterocycles. The van der Waals surface area contributed by atoms with E-state index in [0.717, 1.165) is 19.4 Å². The van der Waals surface area contributed by atoms with Crippen LogP contribution in [0.1, 0.15) is 33.6 Å². The van der Waals surface area contributed by atoms with E-state index >= 15 is 0 Å². The molecule has 0 spiro atoms. The minimum Gasteiger partial charge on any atom is -0.380 e. The molecule has 0 atom stereocenters. The summed E-state index contributed by atoms with van der Waals surface area (Å²) in [7, 11) is 1.82. The molecule has 0 aliphatic carbocycles. The highest BCUT2D eigenvalue weighted by molar-refractivity contribution is 5.77. The lowest BCUT2D eigenvalue weighted by atomic mass is 10.2. The van der Waals surface area contributed by atoms with Gasteiger partial charge in [0.05, 0.1) is 6.61 Å². The maximum Gasteiger partial charge on any atom is 0.224 e. The fourth-order valence-corrected chi connectivity index (χ4v) is 1.10. The Balaban J connectivity index is 3.44. The molecule has 0 saturated carbocycles. The number of amides is 1. The van der Waals surface area contributed by atoms with Crippen LogP contribution in [0.25, 0.3) is 0 Å². The van der Waals surface area contributed by atoms with Crippen molar-refractivity contribution in [1.82, 2.24) is 4.90 Å². The second kappa shape index (κ2) is 7.80. The highest BCUT2D eigenvalue weighted by Gasteiger charge is 2.11. The van der Waals surface area contributed by atoms with Crippen LogP contribution in [-0.4, -0.2) is 37.6 Å². The summed E-state index contributed by atoms with van der Waals surface area (Å²) in [5, 5.41) is 0. The quantitative estimate of drug-likeness (QED) is 0.589. The Morgan fingerprint density at radius 1 is 1.36 bits per heavy atom. The zero-order chi connectivity index (χ0) is 11.0. The first kappa shape index (κ1) is 13.4. The van der Waals surface area contributed by atoms with Gasteiger partial charge in [0.2, 0.25) is 5.91 Å². The van der Waals surface area contributed by atoms with Gasteiger partial charge < -0.3 is 9.64 Å². The van der Waals surface area contributed by atoms with Crippen molar-refractivity contribution in [2.24, 2.45) is 5.92 Å². The predicted molar refractivity (Wildman–Crippen MR) is 58.2 cm³/mol. The van der Waals surface area contributed by atoms with Gasteiger partial charge in [-0.05, 0) is 6.42 Å². The van der Waals surface area contributed by atoms with Crippen LogP contribution in [0.15, 0.2) is 0 Å². The Bertz CT molecular complexity index is 157. The lowest BCUT2D eigenvalue weighted by Gasteiger charge is -2.19. The van der Waals surface area contributed by atoms with E-state index in [0.29, 0.717) is 13.2 Å². The predicted octanol–water partition coefficient (Wildman–Crippen LogP) is 1.92. The Hall–Kier alpha value is -0.570. The van der Waals surface area contributed by atoms with Crippen molar-refractivity contribution in [3.63, 3.8) is 0 Å². The van der Waals surface area contributed by atoms with E-state index in [1.807, 2.05) is 20.9 Å². The third-order valence-electron chi connectivity index (χ3n) is 2.08. The highest BCUT2D eigenvalue weighted by atomic mass is 16.5. The number of carbonyl (C=O) groups excluding carboxylic acids is 1. The van der Waals surface area contributed by atoms with Crippen LogP contribution in [0.3, 0.4) is 0 Å². The number of rotatable bonds is 7. The molecule has 3 heteroatoms. The topological polar surface area (TPSA) is 29.5 Å². The van der Waals surface area contributed by atoms with Gasteiger partial charge in [0.1, 0.15) is 0 Å². The van der Waals surface area contributed by atoms with Crippen LogP contribution in [0.4, 0.5) is 0 Å². The normalized spacial score (nSPS) is 10.6. The van der Waals surface area contributed by atoms with E-state index in [2.05, 4.69) is 6.92 Å². The fourth-order valence-electron chi connectivity index (χ4n) is 1.10. The molecule has 0 fully saturated rings. The molecule has 0 heterocycles. The molecule has 0 aliphatic rings. The number of nitrogens with zero attached hydrogens (tertiary/aromatic N) is 1. The minimum atomic E-state index is 0.0793. The summed E-state index contributed by atoms with van der Waals surface area (Å²) in [6, 6.07) is 0. The number of carbonyl (C=O) groups is 1. The lowest BCUT2D eigenvalue weighted by molar-refractivity contribution is -0.133. The van der Waals surface area contributed by atoms with Crippen molar-refractivity contribution in [2.45, 2.75) is 33.6 Å². The third kappa shape index (κ3) is 5.97. The van der Waals surface area contributed by atoms with Gasteiger partial charge in [-0.1, -0.05) is 27.2 Å². The lowest BCUT2D eigenvalue weighted by Crippen LogP contribution is -2.33. The monoisotopic (exact) mass is 201 g/mol. The Kier molecular flexibility index (Phi) is 7.48. The largest absolute Gasteiger partial charge is 0.380 e. The molecule has 0 bridgehead atoms. The number of hydrogen-bond acceptors (Lipinski definition) is 2. The van der Waals surface area contributed by atoms with Gasteiger partial charge in [-0.2, -0.15) is 0 Å². The van der Waals surface area contributed by atoms with Crippen LogP contribution in [0.2, 0.25) is 0 Å². The molecular formula is C11H23NO2. The zero-order valence-corrected chi connectivity index (χ0v) is 9.88. The van der Waals surface area contributed by atoms with Gasteiger partial charge >= 0.3 is 0 Å². The van der Waals surface area contributed by atoms with Gasteiger partial charge in [0.25, 0.3) is 0 Å². The molecule has 0 unspecified atom stereocenters. The maximum absolute atomic E-state index is 11.4. The van der Waals surface area contributed by atoms with E-state index in [1.54, 1.807) is 4.90 Å². The van der Waals surface area contributed by atoms with Gasteiger partial charge in [-0.15, -0.1) is 0 Å². The van der Waals surface area contributed by atoms with Crippen molar-refractivity contribution >= 4 is 5.91 Å². The summed E-state index contributed by atoms with van der Waals surface area (Å²) < 4.78 is 5.38. The number of ether oxygens (including phenoxy) is 1. The Morgan fingerprint density at radius 2 is 2.00 bits per heavy atom. The van der Waals surface area contributed by atoms with Gasteiger partial charge in [0, 0.05) is 26.1 Å². The molecule has 0 radical (unpaired) electrons. The molecule has 1 amide bonds. The highest BCUT2D eigenvalue weighted by Crippen LogP contribution is 1.98. The van der Waals surface area contributed by atoms with Crippen molar-refractivity contribution in [2.75, 3.05) is 26.8 Å². The summed E-state index contributed by atoms with van der Waals surface area (Å²) in [5.41, 5.74) is 0. The van der Waals surface area contributed by atoms with E-state index in [4.69, 9.17) is 4.74 Å². The van der Waals surface area contributed by atoms with E-state index in [9.17, 15) is 4.79 Å². The number of unbranched alkanes of at least 4 members (excludes halogenated alkanes) is 1. The third-order valence-corrected chi connectivity index (χ3v) is 2.08. The average Bonchev–Trinajstić information content (AvgIpc) is 2.16. The SMILES string of the molecule is CCCCOCCN(C)C(=O)C(C)C. The summed E-state index contributed by atoms with van der Waals surface area (Å²) in [4.78, 5) is 13.2. The zero-order valence-electron chi connectivity index (χ0n) is 9.88. The van der Waals surface area contributed by atoms with Crippen molar-refractivity contribution in [3.05, 3.63) is 0 Å². The molecule has 3 nitrogen and oxygen atoms in total. The van der Waals surface area contributed by atoms with Crippen molar-refractivity contribution in [3.8, 4) is 0 Å². The van der Waals surface area contributed by atoms with Crippen molar-refractivity contribution < 1.29 is 9.53 Å². The molecule has 0 aromatic carbocycles. The fraction of sp³-hybridized carbons (Fsp3) is 0.909. The van der Waals surface area contributed by atoms with E-state index in [-0.39, 0.29) is 11.8 Å². The summed E-state index contributed by atoms with van der Waals surface area (Å²) in [6.07, 6.45) is 2.25. The smallest absolute Gasteiger partial charge is 0.224 e. The van der Waals surface area contributed by atoms with Gasteiger partial charge in [-0.25, -0.2) is 0 Å². The standard InChI is InChI=1S/C11H23NO2/c1-5-6-8-14-9-7-12(4)11(13)10(2)3/h10H,5-9H2,1-4H3. The molecular weight excluding hydrogens is 178 g/mol. The molecule has 0 aromatic heterocycles. The van der Waals surface area contributed by atoms with Crippen molar-refractivity contribution in [1.29, 1.82) is 0 Å². The maximum atomic E-state index is 11.4. The molecule has 84 valence electrons. The summed E-state index contributed by atoms with van der Waals surface area (Å²) in [6.45, 7) is 8.11. The number of hydrogen-bond donors (Lipinski definition) is 0. The summed E-state index contributed by atoms with van der Waals surface area (Å²) in [5.74, 6) is 0.264. The Morgan fingerprint density at radius 3 is 2.50 bits per heavy atom. The van der Waals surface area contributed by atoms with E-state index < -0.39 is 0 Å². The summed E-state index contributed by atoms with van der Waals surface area (Å²) >= 11 is 0. The van der Waals surface area contributed by atoms with Crippen LogP contribution in [0.5, 0.6) is 0 Å². The minimum absolute atomic E-state index is 0.0793. The molecule has 0 aliphatic heterocycles. The second-order valence-electron chi connectivity index (χ2n) is 3.88. The average molecular weight is 201 g/mol. The van der Waals surface area contributed by atoms with Crippen LogP contribution in [-0.2, 0) is 9.53 Å². The molecule has 0 aromatic rings. The van der Waals surface area contributed by atoms with Gasteiger partial charge in [0.15, 0.2) is 0 Å². The Labute approximate surface area is 87.4 Å². The van der Waals surface area contributed by atoms with Gasteiger partial charge in [-0.3, -0.25) is 4.79 Å². The van der Waals surface area contributed by atoms with E-state index in [1.165, 1.54) is 0 Å².